The normalized spacial score (nSPS) is 21.9. The smallest absolute Gasteiger partial charge is 0.334 e. The van der Waals surface area contributed by atoms with Crippen molar-refractivity contribution in [3.8, 4) is 0 Å². The Labute approximate surface area is 81.2 Å². The zero-order chi connectivity index (χ0) is 9.73. The predicted molar refractivity (Wildman–Crippen MR) is 54.9 cm³/mol. The van der Waals surface area contributed by atoms with E-state index < -0.39 is 8.56 Å². The monoisotopic (exact) mass is 204 g/mol. The van der Waals surface area contributed by atoms with Gasteiger partial charge in [-0.05, 0) is 25.6 Å². The topological polar surface area (TPSA) is 52.4 Å². The fraction of sp³-hybridized carbons (Fsp3) is 1.00. The van der Waals surface area contributed by atoms with E-state index in [1.807, 2.05) is 0 Å². The fourth-order valence-electron chi connectivity index (χ4n) is 1.18. The van der Waals surface area contributed by atoms with Crippen molar-refractivity contribution in [1.29, 1.82) is 0 Å². The molecule has 1 aliphatic rings. The van der Waals surface area contributed by atoms with Gasteiger partial charge < -0.3 is 14.2 Å². The Kier molecular flexibility index (Phi) is 4.34. The highest BCUT2D eigenvalue weighted by atomic mass is 28.4. The first-order valence-electron chi connectivity index (χ1n) is 4.77. The van der Waals surface area contributed by atoms with Crippen LogP contribution in [-0.4, -0.2) is 42.0 Å². The SMILES string of the molecule is CO[Si](C)(CCCNC1CN1)OC. The van der Waals surface area contributed by atoms with E-state index >= 15 is 0 Å². The molecule has 0 aliphatic carbocycles. The van der Waals surface area contributed by atoms with Crippen LogP contribution in [0.3, 0.4) is 0 Å². The van der Waals surface area contributed by atoms with E-state index in [-0.39, 0.29) is 0 Å². The lowest BCUT2D eigenvalue weighted by atomic mass is 10.5. The average molecular weight is 204 g/mol. The number of hydrogen-bond acceptors (Lipinski definition) is 4. The summed E-state index contributed by atoms with van der Waals surface area (Å²) in [6, 6.07) is 1.06. The second-order valence-electron chi connectivity index (χ2n) is 3.56. The molecular weight excluding hydrogens is 184 g/mol. The number of hydrogen-bond donors (Lipinski definition) is 2. The molecule has 1 fully saturated rings. The largest absolute Gasteiger partial charge is 0.398 e. The third-order valence-corrected chi connectivity index (χ3v) is 5.46. The minimum absolute atomic E-state index is 0.568. The Morgan fingerprint density at radius 3 is 2.54 bits per heavy atom. The summed E-state index contributed by atoms with van der Waals surface area (Å²) in [4.78, 5) is 0. The van der Waals surface area contributed by atoms with Gasteiger partial charge in [0.15, 0.2) is 0 Å². The molecular formula is C8H20N2O2Si. The van der Waals surface area contributed by atoms with E-state index in [2.05, 4.69) is 17.2 Å². The highest BCUT2D eigenvalue weighted by Crippen LogP contribution is 2.12. The molecule has 0 aromatic heterocycles. The van der Waals surface area contributed by atoms with Crippen molar-refractivity contribution in [1.82, 2.24) is 10.6 Å². The van der Waals surface area contributed by atoms with Gasteiger partial charge in [-0.15, -0.1) is 0 Å². The second kappa shape index (κ2) is 5.07. The molecule has 1 unspecified atom stereocenters. The molecule has 1 atom stereocenters. The predicted octanol–water partition coefficient (Wildman–Crippen LogP) is 0.260. The van der Waals surface area contributed by atoms with E-state index in [1.165, 1.54) is 0 Å². The van der Waals surface area contributed by atoms with Crippen LogP contribution in [0, 0.1) is 0 Å². The van der Waals surface area contributed by atoms with Crippen molar-refractivity contribution in [2.24, 2.45) is 0 Å². The van der Waals surface area contributed by atoms with E-state index in [0.29, 0.717) is 6.17 Å². The molecule has 0 bridgehead atoms. The van der Waals surface area contributed by atoms with Crippen LogP contribution < -0.4 is 10.6 Å². The van der Waals surface area contributed by atoms with Crippen LogP contribution in [0.15, 0.2) is 0 Å². The molecule has 0 radical (unpaired) electrons. The van der Waals surface area contributed by atoms with Crippen molar-refractivity contribution < 1.29 is 8.85 Å². The van der Waals surface area contributed by atoms with Crippen LogP contribution in [-0.2, 0) is 8.85 Å². The summed E-state index contributed by atoms with van der Waals surface area (Å²) in [5.41, 5.74) is 0. The lowest BCUT2D eigenvalue weighted by Crippen LogP contribution is -2.37. The van der Waals surface area contributed by atoms with Crippen LogP contribution in [0.4, 0.5) is 0 Å². The van der Waals surface area contributed by atoms with Crippen molar-refractivity contribution >= 4 is 8.56 Å². The summed E-state index contributed by atoms with van der Waals surface area (Å²) in [6.07, 6.45) is 1.70. The van der Waals surface area contributed by atoms with Gasteiger partial charge in [-0.25, -0.2) is 0 Å². The van der Waals surface area contributed by atoms with Gasteiger partial charge >= 0.3 is 8.56 Å². The first-order chi connectivity index (χ1) is 6.20. The molecule has 4 nitrogen and oxygen atoms in total. The van der Waals surface area contributed by atoms with Gasteiger partial charge in [0, 0.05) is 20.8 Å². The van der Waals surface area contributed by atoms with Crippen LogP contribution >= 0.6 is 0 Å². The van der Waals surface area contributed by atoms with Gasteiger partial charge in [-0.1, -0.05) is 0 Å². The van der Waals surface area contributed by atoms with Gasteiger partial charge in [0.1, 0.15) is 0 Å². The Hall–Kier alpha value is 0.0569. The first kappa shape index (κ1) is 11.1. The molecule has 1 heterocycles. The standard InChI is InChI=1S/C8H20N2O2Si/c1-11-13(3,12-2)6-4-5-9-8-7-10-8/h8-10H,4-7H2,1-3H3. The molecule has 0 amide bonds. The molecule has 13 heavy (non-hydrogen) atoms. The molecule has 0 aromatic rings. The van der Waals surface area contributed by atoms with E-state index in [1.54, 1.807) is 14.2 Å². The lowest BCUT2D eigenvalue weighted by molar-refractivity contribution is 0.248. The molecule has 2 N–H and O–H groups in total. The first-order valence-corrected chi connectivity index (χ1v) is 7.29. The molecule has 0 spiro atoms. The Bertz CT molecular complexity index is 149. The molecule has 78 valence electrons. The maximum atomic E-state index is 5.38. The summed E-state index contributed by atoms with van der Waals surface area (Å²) in [7, 11) is 1.67. The van der Waals surface area contributed by atoms with Crippen LogP contribution in [0.1, 0.15) is 6.42 Å². The summed E-state index contributed by atoms with van der Waals surface area (Å²) in [5, 5.41) is 6.58. The Balaban J connectivity index is 2.01. The Morgan fingerprint density at radius 2 is 2.08 bits per heavy atom. The molecule has 5 heteroatoms. The second-order valence-corrected chi connectivity index (χ2v) is 7.14. The molecule has 1 rings (SSSR count). The summed E-state index contributed by atoms with van der Waals surface area (Å²) in [5.74, 6) is 0. The van der Waals surface area contributed by atoms with Crippen LogP contribution in [0.25, 0.3) is 0 Å². The third kappa shape index (κ3) is 4.19. The van der Waals surface area contributed by atoms with Crippen molar-refractivity contribution in [3.63, 3.8) is 0 Å². The van der Waals surface area contributed by atoms with Gasteiger partial charge in [0.2, 0.25) is 0 Å². The maximum Gasteiger partial charge on any atom is 0.334 e. The van der Waals surface area contributed by atoms with Crippen molar-refractivity contribution in [2.45, 2.75) is 25.2 Å². The van der Waals surface area contributed by atoms with Gasteiger partial charge in [-0.3, -0.25) is 5.32 Å². The average Bonchev–Trinajstić information content (AvgIpc) is 2.96. The van der Waals surface area contributed by atoms with Crippen LogP contribution in [0.5, 0.6) is 0 Å². The van der Waals surface area contributed by atoms with Gasteiger partial charge in [0.05, 0.1) is 6.17 Å². The van der Waals surface area contributed by atoms with Crippen molar-refractivity contribution in [2.75, 3.05) is 27.3 Å². The van der Waals surface area contributed by atoms with E-state index in [9.17, 15) is 0 Å². The van der Waals surface area contributed by atoms with Gasteiger partial charge in [0.25, 0.3) is 0 Å². The highest BCUT2D eigenvalue weighted by Gasteiger charge is 2.28. The molecule has 1 saturated heterocycles. The number of rotatable bonds is 7. The molecule has 0 saturated carbocycles. The van der Waals surface area contributed by atoms with Crippen molar-refractivity contribution in [3.05, 3.63) is 0 Å². The minimum Gasteiger partial charge on any atom is -0.398 e. The molecule has 1 aliphatic heterocycles. The van der Waals surface area contributed by atoms with E-state index in [0.717, 1.165) is 25.6 Å². The summed E-state index contributed by atoms with van der Waals surface area (Å²) < 4.78 is 10.8. The molecule has 0 aromatic carbocycles. The maximum absolute atomic E-state index is 5.38. The van der Waals surface area contributed by atoms with E-state index in [4.69, 9.17) is 8.85 Å². The fourth-order valence-corrected chi connectivity index (χ4v) is 2.57. The summed E-state index contributed by atoms with van der Waals surface area (Å²) in [6.45, 7) is 4.26. The van der Waals surface area contributed by atoms with Crippen LogP contribution in [0.2, 0.25) is 12.6 Å². The number of nitrogens with one attached hydrogen (secondary N) is 2. The zero-order valence-electron chi connectivity index (χ0n) is 8.72. The quantitative estimate of drug-likeness (QED) is 0.355. The highest BCUT2D eigenvalue weighted by molar-refractivity contribution is 6.65. The summed E-state index contributed by atoms with van der Waals surface area (Å²) >= 11 is 0. The van der Waals surface area contributed by atoms with Gasteiger partial charge in [-0.2, -0.15) is 0 Å². The third-order valence-electron chi connectivity index (χ3n) is 2.47. The minimum atomic E-state index is -1.81. The zero-order valence-corrected chi connectivity index (χ0v) is 9.72. The Morgan fingerprint density at radius 1 is 1.46 bits per heavy atom. The lowest BCUT2D eigenvalue weighted by Gasteiger charge is -2.22.